The van der Waals surface area contributed by atoms with E-state index in [9.17, 15) is 9.59 Å². The summed E-state index contributed by atoms with van der Waals surface area (Å²) in [5.41, 5.74) is 1.66. The lowest BCUT2D eigenvalue weighted by Crippen LogP contribution is -2.36. The van der Waals surface area contributed by atoms with E-state index in [1.165, 1.54) is 0 Å². The highest BCUT2D eigenvalue weighted by Crippen LogP contribution is 2.10. The van der Waals surface area contributed by atoms with Gasteiger partial charge in [0, 0.05) is 25.8 Å². The van der Waals surface area contributed by atoms with Crippen molar-refractivity contribution in [3.05, 3.63) is 70.8 Å². The first-order valence-corrected chi connectivity index (χ1v) is 9.72. The number of benzene rings is 2. The van der Waals surface area contributed by atoms with Crippen LogP contribution in [-0.4, -0.2) is 54.5 Å². The lowest BCUT2D eigenvalue weighted by Gasteiger charge is -2.19. The molecule has 0 saturated carbocycles. The fraction of sp³-hybridized carbons (Fsp3) is 0.318. The number of anilines is 1. The second-order valence-corrected chi connectivity index (χ2v) is 7.16. The Labute approximate surface area is 170 Å². The van der Waals surface area contributed by atoms with Gasteiger partial charge in [-0.25, -0.2) is 4.98 Å². The zero-order valence-corrected chi connectivity index (χ0v) is 16.9. The SMILES string of the molecule is CN(CC(=O)NCCCN(C)c1ccccc1)Cc1nc2ccccc2c(=O)[nH]1. The van der Waals surface area contributed by atoms with Crippen molar-refractivity contribution in [2.45, 2.75) is 13.0 Å². The number of likely N-dealkylation sites (N-methyl/N-ethyl adjacent to an activating group) is 1. The average molecular weight is 393 g/mol. The van der Waals surface area contributed by atoms with E-state index < -0.39 is 0 Å². The number of aromatic nitrogens is 2. The third-order valence-electron chi connectivity index (χ3n) is 4.68. The zero-order valence-electron chi connectivity index (χ0n) is 16.9. The molecule has 0 aliphatic heterocycles. The molecule has 29 heavy (non-hydrogen) atoms. The van der Waals surface area contributed by atoms with Crippen LogP contribution in [0.4, 0.5) is 5.69 Å². The molecule has 0 saturated heterocycles. The maximum absolute atomic E-state index is 12.2. The van der Waals surface area contributed by atoms with Crippen LogP contribution in [0.25, 0.3) is 10.9 Å². The third kappa shape index (κ3) is 5.89. The predicted molar refractivity (Wildman–Crippen MR) is 116 cm³/mol. The molecule has 3 aromatic rings. The van der Waals surface area contributed by atoms with E-state index in [1.54, 1.807) is 6.07 Å². The molecule has 2 aromatic carbocycles. The van der Waals surface area contributed by atoms with Crippen LogP contribution in [0.1, 0.15) is 12.2 Å². The van der Waals surface area contributed by atoms with Gasteiger partial charge in [-0.15, -0.1) is 0 Å². The average Bonchev–Trinajstić information content (AvgIpc) is 2.71. The van der Waals surface area contributed by atoms with Crippen molar-refractivity contribution in [1.82, 2.24) is 20.2 Å². The lowest BCUT2D eigenvalue weighted by atomic mass is 10.2. The standard InChI is InChI=1S/C22H27N5O2/c1-26(15-20-24-19-12-7-6-11-18(19)22(29)25-20)16-21(28)23-13-8-14-27(2)17-9-4-3-5-10-17/h3-7,9-12H,8,13-16H2,1-2H3,(H,23,28)(H,24,25,29). The van der Waals surface area contributed by atoms with Gasteiger partial charge in [0.2, 0.25) is 5.91 Å². The van der Waals surface area contributed by atoms with Crippen LogP contribution in [0.5, 0.6) is 0 Å². The minimum Gasteiger partial charge on any atom is -0.375 e. The summed E-state index contributed by atoms with van der Waals surface area (Å²) in [4.78, 5) is 35.6. The third-order valence-corrected chi connectivity index (χ3v) is 4.68. The van der Waals surface area contributed by atoms with Crippen molar-refractivity contribution < 1.29 is 4.79 Å². The number of rotatable bonds is 9. The van der Waals surface area contributed by atoms with E-state index in [0.29, 0.717) is 29.8 Å². The van der Waals surface area contributed by atoms with Gasteiger partial charge < -0.3 is 15.2 Å². The minimum atomic E-state index is -0.161. The number of nitrogens with one attached hydrogen (secondary N) is 2. The summed E-state index contributed by atoms with van der Waals surface area (Å²) in [5, 5.41) is 3.51. The Morgan fingerprint density at radius 2 is 1.79 bits per heavy atom. The van der Waals surface area contributed by atoms with E-state index in [-0.39, 0.29) is 18.0 Å². The fourth-order valence-corrected chi connectivity index (χ4v) is 3.18. The fourth-order valence-electron chi connectivity index (χ4n) is 3.18. The van der Waals surface area contributed by atoms with E-state index >= 15 is 0 Å². The molecule has 0 radical (unpaired) electrons. The summed E-state index contributed by atoms with van der Waals surface area (Å²) in [6, 6.07) is 17.4. The molecule has 0 aliphatic carbocycles. The van der Waals surface area contributed by atoms with Gasteiger partial charge in [-0.2, -0.15) is 0 Å². The molecule has 2 N–H and O–H groups in total. The molecule has 0 atom stereocenters. The molecule has 7 nitrogen and oxygen atoms in total. The Kier molecular flexibility index (Phi) is 6.97. The largest absolute Gasteiger partial charge is 0.375 e. The summed E-state index contributed by atoms with van der Waals surface area (Å²) in [6.07, 6.45) is 0.862. The van der Waals surface area contributed by atoms with Crippen LogP contribution in [0, 0.1) is 0 Å². The first-order valence-electron chi connectivity index (χ1n) is 9.72. The van der Waals surface area contributed by atoms with Crippen LogP contribution < -0.4 is 15.8 Å². The Hall–Kier alpha value is -3.19. The number of hydrogen-bond donors (Lipinski definition) is 2. The first kappa shape index (κ1) is 20.5. The van der Waals surface area contributed by atoms with Crippen LogP contribution >= 0.6 is 0 Å². The van der Waals surface area contributed by atoms with E-state index in [1.807, 2.05) is 55.4 Å². The number of nitrogens with zero attached hydrogens (tertiary/aromatic N) is 3. The van der Waals surface area contributed by atoms with Gasteiger partial charge in [0.1, 0.15) is 5.82 Å². The van der Waals surface area contributed by atoms with Gasteiger partial charge in [0.15, 0.2) is 0 Å². The number of amides is 1. The topological polar surface area (TPSA) is 81.3 Å². The van der Waals surface area contributed by atoms with Gasteiger partial charge in [-0.3, -0.25) is 14.5 Å². The zero-order chi connectivity index (χ0) is 20.6. The summed E-state index contributed by atoms with van der Waals surface area (Å²) in [5.74, 6) is 0.506. The van der Waals surface area contributed by atoms with Crippen LogP contribution in [0.15, 0.2) is 59.4 Å². The monoisotopic (exact) mass is 393 g/mol. The number of carbonyl (C=O) groups is 1. The molecule has 0 aliphatic rings. The van der Waals surface area contributed by atoms with Crippen molar-refractivity contribution in [2.75, 3.05) is 38.6 Å². The second kappa shape index (κ2) is 9.84. The Bertz CT molecular complexity index is 1000. The van der Waals surface area contributed by atoms with Crippen molar-refractivity contribution in [1.29, 1.82) is 0 Å². The summed E-state index contributed by atoms with van der Waals surface area (Å²) >= 11 is 0. The Balaban J connectivity index is 1.42. The van der Waals surface area contributed by atoms with Crippen LogP contribution in [-0.2, 0) is 11.3 Å². The number of fused-ring (bicyclic) bond motifs is 1. The predicted octanol–water partition coefficient (Wildman–Crippen LogP) is 2.00. The van der Waals surface area contributed by atoms with Gasteiger partial charge in [-0.1, -0.05) is 30.3 Å². The number of hydrogen-bond acceptors (Lipinski definition) is 5. The highest BCUT2D eigenvalue weighted by molar-refractivity contribution is 5.78. The van der Waals surface area contributed by atoms with E-state index in [4.69, 9.17) is 0 Å². The van der Waals surface area contributed by atoms with Gasteiger partial charge >= 0.3 is 0 Å². The Morgan fingerprint density at radius 1 is 1.07 bits per heavy atom. The molecule has 1 heterocycles. The number of para-hydroxylation sites is 2. The first-order chi connectivity index (χ1) is 14.0. The van der Waals surface area contributed by atoms with Gasteiger partial charge in [-0.05, 0) is 37.7 Å². The van der Waals surface area contributed by atoms with Crippen molar-refractivity contribution in [3.63, 3.8) is 0 Å². The molecule has 1 amide bonds. The molecule has 0 fully saturated rings. The number of carbonyl (C=O) groups excluding carboxylic acids is 1. The maximum Gasteiger partial charge on any atom is 0.258 e. The molecular weight excluding hydrogens is 366 g/mol. The molecule has 0 unspecified atom stereocenters. The maximum atomic E-state index is 12.2. The van der Waals surface area contributed by atoms with Crippen molar-refractivity contribution in [3.8, 4) is 0 Å². The van der Waals surface area contributed by atoms with Crippen LogP contribution in [0.2, 0.25) is 0 Å². The smallest absolute Gasteiger partial charge is 0.258 e. The molecule has 3 rings (SSSR count). The van der Waals surface area contributed by atoms with Gasteiger partial charge in [0.25, 0.3) is 5.56 Å². The molecule has 1 aromatic heterocycles. The van der Waals surface area contributed by atoms with Crippen molar-refractivity contribution in [2.24, 2.45) is 0 Å². The normalized spacial score (nSPS) is 11.0. The minimum absolute atomic E-state index is 0.0435. The number of aromatic amines is 1. The second-order valence-electron chi connectivity index (χ2n) is 7.16. The summed E-state index contributed by atoms with van der Waals surface area (Å²) in [7, 11) is 3.88. The quantitative estimate of drug-likeness (QED) is 0.544. The molecule has 152 valence electrons. The Morgan fingerprint density at radius 3 is 2.59 bits per heavy atom. The number of H-pyrrole nitrogens is 1. The highest BCUT2D eigenvalue weighted by atomic mass is 16.2. The van der Waals surface area contributed by atoms with E-state index in [0.717, 1.165) is 18.7 Å². The van der Waals surface area contributed by atoms with Crippen LogP contribution in [0.3, 0.4) is 0 Å². The van der Waals surface area contributed by atoms with Gasteiger partial charge in [0.05, 0.1) is 24.0 Å². The molecule has 0 bridgehead atoms. The van der Waals surface area contributed by atoms with Crippen molar-refractivity contribution >= 4 is 22.5 Å². The summed E-state index contributed by atoms with van der Waals surface area (Å²) < 4.78 is 0. The molecule has 7 heteroatoms. The molecular formula is C22H27N5O2. The highest BCUT2D eigenvalue weighted by Gasteiger charge is 2.10. The summed E-state index contributed by atoms with van der Waals surface area (Å²) in [6.45, 7) is 2.12. The lowest BCUT2D eigenvalue weighted by molar-refractivity contribution is -0.122. The van der Waals surface area contributed by atoms with E-state index in [2.05, 4.69) is 32.3 Å². The molecule has 0 spiro atoms.